The Morgan fingerprint density at radius 1 is 1.22 bits per heavy atom. The molecule has 0 amide bonds. The molecule has 0 atom stereocenters. The first kappa shape index (κ1) is 17.6. The fraction of sp³-hybridized carbons (Fsp3) is 0.350. The molecule has 3 heterocycles. The third kappa shape index (κ3) is 3.84. The Hall–Kier alpha value is -2.77. The Morgan fingerprint density at radius 3 is 2.93 bits per heavy atom. The number of benzene rings is 1. The van der Waals surface area contributed by atoms with E-state index in [1.807, 2.05) is 37.3 Å². The molecule has 4 rings (SSSR count). The largest absolute Gasteiger partial charge is 0.403 e. The van der Waals surface area contributed by atoms with Crippen molar-refractivity contribution in [2.24, 2.45) is 0 Å². The van der Waals surface area contributed by atoms with Crippen LogP contribution in [0.1, 0.15) is 6.99 Å². The van der Waals surface area contributed by atoms with Crippen molar-refractivity contribution >= 4 is 16.7 Å². The van der Waals surface area contributed by atoms with E-state index in [0.29, 0.717) is 22.3 Å². The second kappa shape index (κ2) is 7.85. The first-order valence-electron chi connectivity index (χ1n) is 9.12. The lowest BCUT2D eigenvalue weighted by atomic mass is 10.1. The van der Waals surface area contributed by atoms with E-state index in [0.717, 1.165) is 45.0 Å². The van der Waals surface area contributed by atoms with Crippen LogP contribution in [0.25, 0.3) is 22.4 Å². The molecule has 7 heteroatoms. The van der Waals surface area contributed by atoms with E-state index < -0.39 is 0 Å². The minimum atomic E-state index is -0.379. The van der Waals surface area contributed by atoms with Gasteiger partial charge in [-0.15, -0.1) is 0 Å². The van der Waals surface area contributed by atoms with Crippen molar-refractivity contribution in [3.05, 3.63) is 52.5 Å². The number of nitrogens with one attached hydrogen (secondary N) is 1. The Bertz CT molecular complexity index is 1000. The van der Waals surface area contributed by atoms with Crippen molar-refractivity contribution in [2.75, 3.05) is 44.7 Å². The van der Waals surface area contributed by atoms with Gasteiger partial charge in [0.15, 0.2) is 0 Å². The minimum Gasteiger partial charge on any atom is -0.403 e. The number of fused-ring (bicyclic) bond motifs is 1. The summed E-state index contributed by atoms with van der Waals surface area (Å²) in [5.41, 5.74) is 1.79. The monoisotopic (exact) mass is 368 g/mol. The van der Waals surface area contributed by atoms with Crippen LogP contribution in [-0.4, -0.2) is 54.3 Å². The average molecular weight is 368 g/mol. The molecule has 2 aromatic heterocycles. The molecule has 0 saturated carbocycles. The predicted octanol–water partition coefficient (Wildman–Crippen LogP) is 2.55. The highest BCUT2D eigenvalue weighted by Gasteiger charge is 2.15. The highest BCUT2D eigenvalue weighted by Crippen LogP contribution is 2.25. The van der Waals surface area contributed by atoms with Crippen molar-refractivity contribution in [3.8, 4) is 11.5 Å². The Kier molecular flexibility index (Phi) is 5.13. The lowest BCUT2D eigenvalue weighted by Crippen LogP contribution is -2.39. The molecule has 27 heavy (non-hydrogen) atoms. The van der Waals surface area contributed by atoms with Gasteiger partial charge in [-0.05, 0) is 30.7 Å². The number of hydrogen-bond acceptors (Lipinski definition) is 7. The zero-order chi connectivity index (χ0) is 18.6. The molecule has 7 nitrogen and oxygen atoms in total. The quantitative estimate of drug-likeness (QED) is 0.741. The molecule has 1 aromatic carbocycles. The summed E-state index contributed by atoms with van der Waals surface area (Å²) in [6.07, 6.45) is 1.71. The topological polar surface area (TPSA) is 80.5 Å². The van der Waals surface area contributed by atoms with Crippen LogP contribution in [0.15, 0.2) is 45.7 Å². The number of nitrogens with zero attached hydrogens (tertiary/aromatic N) is 3. The van der Waals surface area contributed by atoms with Crippen LogP contribution in [-0.2, 0) is 4.74 Å². The second-order valence-electron chi connectivity index (χ2n) is 6.56. The summed E-state index contributed by atoms with van der Waals surface area (Å²) in [5.74, 6) is 0.938. The SMILES string of the molecule is Cc1cccc2nc(-c3cccnc3NCCN3CCOCC3)oc(=O)c12.[HH]. The number of ether oxygens (including phenoxy) is 1. The van der Waals surface area contributed by atoms with E-state index in [4.69, 9.17) is 9.15 Å². The highest BCUT2D eigenvalue weighted by molar-refractivity contribution is 5.82. The van der Waals surface area contributed by atoms with E-state index in [1.54, 1.807) is 6.20 Å². The van der Waals surface area contributed by atoms with Crippen LogP contribution >= 0.6 is 0 Å². The van der Waals surface area contributed by atoms with Gasteiger partial charge in [-0.25, -0.2) is 14.8 Å². The standard InChI is InChI=1S/C20H22N4O3.H2/c1-14-4-2-6-16-17(14)20(25)27-19(23-16)15-5-3-7-21-18(15)22-8-9-24-10-12-26-13-11-24;/h2-7H,8-13H2,1H3,(H,21,22);1H. The van der Waals surface area contributed by atoms with Crippen molar-refractivity contribution < 1.29 is 10.6 Å². The molecule has 0 bridgehead atoms. The van der Waals surface area contributed by atoms with Gasteiger partial charge in [0.1, 0.15) is 5.82 Å². The fourth-order valence-electron chi connectivity index (χ4n) is 3.27. The maximum atomic E-state index is 12.5. The number of morpholine rings is 1. The van der Waals surface area contributed by atoms with Crippen molar-refractivity contribution in [1.29, 1.82) is 0 Å². The summed E-state index contributed by atoms with van der Waals surface area (Å²) >= 11 is 0. The van der Waals surface area contributed by atoms with Gasteiger partial charge >= 0.3 is 5.63 Å². The number of aromatic nitrogens is 2. The van der Waals surface area contributed by atoms with Gasteiger partial charge in [0.25, 0.3) is 0 Å². The maximum Gasteiger partial charge on any atom is 0.347 e. The summed E-state index contributed by atoms with van der Waals surface area (Å²) in [6.45, 7) is 6.95. The van der Waals surface area contributed by atoms with Gasteiger partial charge in [-0.3, -0.25) is 4.90 Å². The molecular formula is C20H24N4O3. The van der Waals surface area contributed by atoms with E-state index in [9.17, 15) is 4.79 Å². The molecule has 1 saturated heterocycles. The molecule has 0 unspecified atom stereocenters. The van der Waals surface area contributed by atoms with E-state index >= 15 is 0 Å². The van der Waals surface area contributed by atoms with E-state index in [1.165, 1.54) is 0 Å². The van der Waals surface area contributed by atoms with Gasteiger partial charge in [-0.1, -0.05) is 12.1 Å². The van der Waals surface area contributed by atoms with Crippen LogP contribution in [0.3, 0.4) is 0 Å². The average Bonchev–Trinajstić information content (AvgIpc) is 2.69. The van der Waals surface area contributed by atoms with Gasteiger partial charge in [0.2, 0.25) is 5.89 Å². The molecule has 0 spiro atoms. The zero-order valence-corrected chi connectivity index (χ0v) is 15.3. The van der Waals surface area contributed by atoms with Crippen molar-refractivity contribution in [3.63, 3.8) is 0 Å². The van der Waals surface area contributed by atoms with Crippen molar-refractivity contribution in [1.82, 2.24) is 14.9 Å². The van der Waals surface area contributed by atoms with Gasteiger partial charge in [0.05, 0.1) is 29.7 Å². The van der Waals surface area contributed by atoms with E-state index in [-0.39, 0.29) is 12.9 Å². The smallest absolute Gasteiger partial charge is 0.347 e. The predicted molar refractivity (Wildman–Crippen MR) is 106 cm³/mol. The van der Waals surface area contributed by atoms with Crippen LogP contribution in [0.2, 0.25) is 0 Å². The van der Waals surface area contributed by atoms with Gasteiger partial charge in [-0.2, -0.15) is 0 Å². The number of aryl methyl sites for hydroxylation is 1. The maximum absolute atomic E-state index is 12.5. The summed E-state index contributed by atoms with van der Waals surface area (Å²) in [6, 6.07) is 9.26. The van der Waals surface area contributed by atoms with Gasteiger partial charge in [0, 0.05) is 33.8 Å². The summed E-state index contributed by atoms with van der Waals surface area (Å²) in [5, 5.41) is 3.86. The summed E-state index contributed by atoms with van der Waals surface area (Å²) in [7, 11) is 0. The first-order valence-corrected chi connectivity index (χ1v) is 9.12. The van der Waals surface area contributed by atoms with Crippen LogP contribution in [0, 0.1) is 6.92 Å². The number of pyridine rings is 1. The first-order chi connectivity index (χ1) is 13.2. The molecule has 1 N–H and O–H groups in total. The lowest BCUT2D eigenvalue weighted by Gasteiger charge is -2.26. The fourth-order valence-corrected chi connectivity index (χ4v) is 3.27. The van der Waals surface area contributed by atoms with Crippen LogP contribution < -0.4 is 10.9 Å². The molecular weight excluding hydrogens is 344 g/mol. The normalized spacial score (nSPS) is 15.1. The number of anilines is 1. The molecule has 1 aliphatic rings. The highest BCUT2D eigenvalue weighted by atomic mass is 16.5. The van der Waals surface area contributed by atoms with E-state index in [2.05, 4.69) is 20.2 Å². The third-order valence-corrected chi connectivity index (χ3v) is 4.73. The van der Waals surface area contributed by atoms with Crippen molar-refractivity contribution in [2.45, 2.75) is 6.92 Å². The molecule has 1 fully saturated rings. The Labute approximate surface area is 158 Å². The summed E-state index contributed by atoms with van der Waals surface area (Å²) < 4.78 is 10.9. The molecule has 0 aliphatic carbocycles. The molecule has 3 aromatic rings. The van der Waals surface area contributed by atoms with Crippen LogP contribution in [0.5, 0.6) is 0 Å². The minimum absolute atomic E-state index is 0. The Balaban J connectivity index is 0.00000225. The Morgan fingerprint density at radius 2 is 2.07 bits per heavy atom. The lowest BCUT2D eigenvalue weighted by molar-refractivity contribution is 0.0398. The van der Waals surface area contributed by atoms with Crippen LogP contribution in [0.4, 0.5) is 5.82 Å². The molecule has 0 radical (unpaired) electrons. The van der Waals surface area contributed by atoms with Gasteiger partial charge < -0.3 is 14.5 Å². The second-order valence-corrected chi connectivity index (χ2v) is 6.56. The number of hydrogen-bond donors (Lipinski definition) is 1. The zero-order valence-electron chi connectivity index (χ0n) is 15.3. The molecule has 142 valence electrons. The molecule has 1 aliphatic heterocycles. The number of rotatable bonds is 5. The summed E-state index contributed by atoms with van der Waals surface area (Å²) in [4.78, 5) is 23.8. The third-order valence-electron chi connectivity index (χ3n) is 4.73.